The Morgan fingerprint density at radius 2 is 2.15 bits per heavy atom. The minimum absolute atomic E-state index is 0.364. The zero-order chi connectivity index (χ0) is 19.4. The molecule has 146 valence electrons. The van der Waals surface area contributed by atoms with E-state index in [0.29, 0.717) is 6.54 Å². The summed E-state index contributed by atoms with van der Waals surface area (Å²) in [6.45, 7) is 7.80. The van der Waals surface area contributed by atoms with Crippen LogP contribution in [0, 0.1) is 0 Å². The molecule has 1 aliphatic heterocycles. The van der Waals surface area contributed by atoms with E-state index in [4.69, 9.17) is 9.47 Å². The van der Waals surface area contributed by atoms with Crippen molar-refractivity contribution < 1.29 is 19.0 Å². The third kappa shape index (κ3) is 5.25. The topological polar surface area (TPSA) is 56.4 Å². The van der Waals surface area contributed by atoms with E-state index in [1.807, 2.05) is 27.8 Å². The highest BCUT2D eigenvalue weighted by molar-refractivity contribution is 5.67. The summed E-state index contributed by atoms with van der Waals surface area (Å²) < 4.78 is 15.2. The largest absolute Gasteiger partial charge is 0.493 e. The van der Waals surface area contributed by atoms with E-state index in [1.54, 1.807) is 0 Å². The molecule has 1 amide bonds. The number of hydrogen-bond acceptors (Lipinski definition) is 3. The Morgan fingerprint density at radius 1 is 1.33 bits per heavy atom. The van der Waals surface area contributed by atoms with Crippen LogP contribution in [0.1, 0.15) is 39.2 Å². The van der Waals surface area contributed by atoms with Gasteiger partial charge in [0.25, 0.3) is 0 Å². The van der Waals surface area contributed by atoms with Gasteiger partial charge in [0.2, 0.25) is 6.20 Å². The summed E-state index contributed by atoms with van der Waals surface area (Å²) in [5.41, 5.74) is 3.22. The Hall–Kier alpha value is -2.50. The van der Waals surface area contributed by atoms with Crippen molar-refractivity contribution in [2.24, 2.45) is 7.05 Å². The molecule has 1 aliphatic rings. The maximum Gasteiger partial charge on any atom is 0.407 e. The first-order chi connectivity index (χ1) is 12.8. The third-order valence-electron chi connectivity index (χ3n) is 4.49. The van der Waals surface area contributed by atoms with Gasteiger partial charge in [0, 0.05) is 6.54 Å². The van der Waals surface area contributed by atoms with Crippen LogP contribution < -0.4 is 14.7 Å². The lowest BCUT2D eigenvalue weighted by Gasteiger charge is -2.19. The second kappa shape index (κ2) is 8.03. The molecule has 0 atom stereocenters. The van der Waals surface area contributed by atoms with Crippen molar-refractivity contribution in [3.8, 4) is 16.9 Å². The molecule has 6 heteroatoms. The smallest absolute Gasteiger partial charge is 0.407 e. The average Bonchev–Trinajstić information content (AvgIpc) is 2.97. The molecule has 0 unspecified atom stereocenters. The number of benzene rings is 1. The van der Waals surface area contributed by atoms with E-state index in [1.165, 1.54) is 16.7 Å². The SMILES string of the molecule is C[n+]1cc(-c2ccc3c(c2)CCCO3)cn1CCCNC(=O)OC(C)(C)C. The van der Waals surface area contributed by atoms with E-state index in [2.05, 4.69) is 45.3 Å². The molecular formula is C21H30N3O3+. The lowest BCUT2D eigenvalue weighted by molar-refractivity contribution is -0.753. The van der Waals surface area contributed by atoms with E-state index in [0.717, 1.165) is 38.2 Å². The summed E-state index contributed by atoms with van der Waals surface area (Å²) in [4.78, 5) is 11.7. The second-order valence-electron chi connectivity index (χ2n) is 8.01. The van der Waals surface area contributed by atoms with Crippen LogP contribution in [0.3, 0.4) is 0 Å². The molecule has 1 N–H and O–H groups in total. The van der Waals surface area contributed by atoms with Crippen LogP contribution in [0.2, 0.25) is 0 Å². The van der Waals surface area contributed by atoms with Crippen LogP contribution in [0.15, 0.2) is 30.6 Å². The van der Waals surface area contributed by atoms with Crippen LogP contribution in [-0.2, 0) is 24.8 Å². The van der Waals surface area contributed by atoms with Gasteiger partial charge in [0.1, 0.15) is 11.4 Å². The molecule has 1 aromatic carbocycles. The first kappa shape index (κ1) is 19.3. The number of amides is 1. The van der Waals surface area contributed by atoms with E-state index >= 15 is 0 Å². The molecule has 0 bridgehead atoms. The Bertz CT molecular complexity index is 805. The molecule has 6 nitrogen and oxygen atoms in total. The van der Waals surface area contributed by atoms with Crippen molar-refractivity contribution in [1.29, 1.82) is 0 Å². The number of aryl methyl sites for hydroxylation is 3. The van der Waals surface area contributed by atoms with Crippen molar-refractivity contribution in [3.63, 3.8) is 0 Å². The lowest BCUT2D eigenvalue weighted by atomic mass is 10.0. The van der Waals surface area contributed by atoms with Crippen molar-refractivity contribution >= 4 is 6.09 Å². The molecule has 2 heterocycles. The summed E-state index contributed by atoms with van der Waals surface area (Å²) in [5, 5.41) is 2.80. The molecule has 2 aromatic rings. The molecular weight excluding hydrogens is 342 g/mol. The summed E-state index contributed by atoms with van der Waals surface area (Å²) in [5.74, 6) is 1.02. The molecule has 0 spiro atoms. The maximum atomic E-state index is 11.7. The van der Waals surface area contributed by atoms with Gasteiger partial charge >= 0.3 is 6.09 Å². The van der Waals surface area contributed by atoms with Crippen LogP contribution in [-0.4, -0.2) is 29.5 Å². The third-order valence-corrected chi connectivity index (χ3v) is 4.49. The maximum absolute atomic E-state index is 11.7. The van der Waals surface area contributed by atoms with Gasteiger partial charge in [-0.1, -0.05) is 6.07 Å². The van der Waals surface area contributed by atoms with Crippen molar-refractivity contribution in [1.82, 2.24) is 10.00 Å². The fourth-order valence-electron chi connectivity index (χ4n) is 3.22. The first-order valence-electron chi connectivity index (χ1n) is 9.61. The predicted octanol–water partition coefficient (Wildman–Crippen LogP) is 3.22. The molecule has 1 aromatic heterocycles. The Kier molecular flexibility index (Phi) is 5.73. The van der Waals surface area contributed by atoms with E-state index in [-0.39, 0.29) is 6.09 Å². The summed E-state index contributed by atoms with van der Waals surface area (Å²) in [7, 11) is 2.03. The number of fused-ring (bicyclic) bond motifs is 1. The second-order valence-corrected chi connectivity index (χ2v) is 8.01. The minimum Gasteiger partial charge on any atom is -0.493 e. The zero-order valence-corrected chi connectivity index (χ0v) is 16.7. The highest BCUT2D eigenvalue weighted by atomic mass is 16.6. The number of hydrogen-bond donors (Lipinski definition) is 1. The molecule has 0 radical (unpaired) electrons. The summed E-state index contributed by atoms with van der Waals surface area (Å²) in [6.07, 6.45) is 6.91. The van der Waals surface area contributed by atoms with Gasteiger partial charge < -0.3 is 14.8 Å². The van der Waals surface area contributed by atoms with Gasteiger partial charge in [0.15, 0.2) is 7.05 Å². The Labute approximate surface area is 161 Å². The minimum atomic E-state index is -0.466. The van der Waals surface area contributed by atoms with Crippen molar-refractivity contribution in [2.75, 3.05) is 13.2 Å². The number of rotatable bonds is 5. The predicted molar refractivity (Wildman–Crippen MR) is 104 cm³/mol. The standard InChI is InChI=1S/C21H29N3O3/c1-21(2,3)27-20(25)22-10-6-11-24-15-18(14-23(24)4)16-8-9-19-17(13-16)7-5-12-26-19/h8-9,13-15H,5-7,10-12H2,1-4H3/p+1. The quantitative estimate of drug-likeness (QED) is 0.648. The monoisotopic (exact) mass is 372 g/mol. The Balaban J connectivity index is 1.56. The van der Waals surface area contributed by atoms with Crippen LogP contribution in [0.25, 0.3) is 11.1 Å². The molecule has 27 heavy (non-hydrogen) atoms. The van der Waals surface area contributed by atoms with Gasteiger partial charge in [-0.05, 0) is 63.3 Å². The van der Waals surface area contributed by atoms with Crippen molar-refractivity contribution in [3.05, 3.63) is 36.2 Å². The van der Waals surface area contributed by atoms with Crippen LogP contribution in [0.4, 0.5) is 4.79 Å². The number of carbonyl (C=O) groups is 1. The number of carbonyl (C=O) groups excluding carboxylic acids is 1. The number of nitrogens with one attached hydrogen (secondary N) is 1. The Morgan fingerprint density at radius 3 is 2.93 bits per heavy atom. The normalized spacial score (nSPS) is 13.6. The number of ether oxygens (including phenoxy) is 2. The zero-order valence-electron chi connectivity index (χ0n) is 16.7. The average molecular weight is 372 g/mol. The summed E-state index contributed by atoms with van der Waals surface area (Å²) in [6, 6.07) is 6.43. The van der Waals surface area contributed by atoms with Gasteiger partial charge in [-0.25, -0.2) is 4.79 Å². The van der Waals surface area contributed by atoms with E-state index < -0.39 is 5.60 Å². The number of nitrogens with zero attached hydrogens (tertiary/aromatic N) is 2. The highest BCUT2D eigenvalue weighted by Gasteiger charge is 2.17. The van der Waals surface area contributed by atoms with Crippen LogP contribution >= 0.6 is 0 Å². The lowest BCUT2D eigenvalue weighted by Crippen LogP contribution is -2.39. The van der Waals surface area contributed by atoms with Crippen LogP contribution in [0.5, 0.6) is 5.75 Å². The molecule has 0 saturated carbocycles. The number of alkyl carbamates (subject to hydrolysis) is 1. The fraction of sp³-hybridized carbons (Fsp3) is 0.524. The van der Waals surface area contributed by atoms with Gasteiger partial charge in [-0.15, -0.1) is 4.68 Å². The highest BCUT2D eigenvalue weighted by Crippen LogP contribution is 2.29. The van der Waals surface area contributed by atoms with Gasteiger partial charge in [0.05, 0.1) is 24.9 Å². The van der Waals surface area contributed by atoms with Gasteiger partial charge in [-0.3, -0.25) is 0 Å². The van der Waals surface area contributed by atoms with Gasteiger partial charge in [-0.2, -0.15) is 4.68 Å². The van der Waals surface area contributed by atoms with Crippen molar-refractivity contribution in [2.45, 2.75) is 52.2 Å². The molecule has 0 fully saturated rings. The molecule has 0 aliphatic carbocycles. The molecule has 0 saturated heterocycles. The first-order valence-corrected chi connectivity index (χ1v) is 9.61. The number of aromatic nitrogens is 2. The fourth-order valence-corrected chi connectivity index (χ4v) is 3.22. The van der Waals surface area contributed by atoms with E-state index in [9.17, 15) is 4.79 Å². The molecule has 3 rings (SSSR count). The summed E-state index contributed by atoms with van der Waals surface area (Å²) >= 11 is 0.